The highest BCUT2D eigenvalue weighted by Crippen LogP contribution is 2.29. The van der Waals surface area contributed by atoms with Crippen LogP contribution in [0.15, 0.2) is 12.1 Å². The van der Waals surface area contributed by atoms with Crippen molar-refractivity contribution in [2.24, 2.45) is 0 Å². The largest absolute Gasteiger partial charge is 0.478 e. The van der Waals surface area contributed by atoms with Gasteiger partial charge in [0.05, 0.1) is 0 Å². The van der Waals surface area contributed by atoms with Crippen LogP contribution in [0.25, 0.3) is 0 Å². The molecule has 0 aliphatic rings. The molecule has 1 N–H and O–H groups in total. The topological polar surface area (TPSA) is 46.5 Å². The Morgan fingerprint density at radius 3 is 2.62 bits per heavy atom. The first-order valence-corrected chi connectivity index (χ1v) is 5.52. The zero-order chi connectivity index (χ0) is 12.3. The van der Waals surface area contributed by atoms with Crippen LogP contribution in [-0.2, 0) is 5.33 Å². The molecule has 0 unspecified atom stereocenters. The summed E-state index contributed by atoms with van der Waals surface area (Å²) in [6.45, 7) is -3.09. The number of hydrogen-bond acceptors (Lipinski definition) is 2. The Kier molecular flexibility index (Phi) is 4.49. The van der Waals surface area contributed by atoms with Gasteiger partial charge in [-0.2, -0.15) is 8.78 Å². The highest BCUT2D eigenvalue weighted by atomic mass is 79.9. The quantitative estimate of drug-likeness (QED) is 0.865. The highest BCUT2D eigenvalue weighted by Gasteiger charge is 2.17. The van der Waals surface area contributed by atoms with E-state index in [4.69, 9.17) is 16.7 Å². The number of aromatic carboxylic acids is 1. The van der Waals surface area contributed by atoms with Crippen molar-refractivity contribution < 1.29 is 23.4 Å². The zero-order valence-electron chi connectivity index (χ0n) is 7.71. The van der Waals surface area contributed by atoms with Crippen LogP contribution in [0.2, 0.25) is 5.02 Å². The smallest absolute Gasteiger partial charge is 0.387 e. The van der Waals surface area contributed by atoms with Gasteiger partial charge in [0, 0.05) is 16.4 Å². The van der Waals surface area contributed by atoms with Gasteiger partial charge in [-0.3, -0.25) is 0 Å². The van der Waals surface area contributed by atoms with Crippen molar-refractivity contribution in [3.05, 3.63) is 28.3 Å². The van der Waals surface area contributed by atoms with Gasteiger partial charge >= 0.3 is 12.6 Å². The minimum Gasteiger partial charge on any atom is -0.478 e. The monoisotopic (exact) mass is 314 g/mol. The molecule has 0 aromatic heterocycles. The first kappa shape index (κ1) is 13.2. The van der Waals surface area contributed by atoms with Gasteiger partial charge < -0.3 is 9.84 Å². The summed E-state index contributed by atoms with van der Waals surface area (Å²) in [6, 6.07) is 2.25. The molecule has 0 bridgehead atoms. The van der Waals surface area contributed by atoms with Crippen LogP contribution in [0.4, 0.5) is 8.78 Å². The fourth-order valence-electron chi connectivity index (χ4n) is 1.06. The molecule has 0 amide bonds. The van der Waals surface area contributed by atoms with Crippen LogP contribution in [0.5, 0.6) is 5.75 Å². The Bertz CT molecular complexity index is 412. The summed E-state index contributed by atoms with van der Waals surface area (Å²) in [4.78, 5) is 10.8. The first-order chi connectivity index (χ1) is 7.45. The van der Waals surface area contributed by atoms with E-state index in [0.29, 0.717) is 10.9 Å². The van der Waals surface area contributed by atoms with Crippen LogP contribution < -0.4 is 4.74 Å². The number of alkyl halides is 3. The number of carboxylic acids is 1. The molecule has 16 heavy (non-hydrogen) atoms. The molecule has 1 aromatic rings. The van der Waals surface area contributed by atoms with Crippen molar-refractivity contribution in [3.8, 4) is 5.75 Å². The molecular formula is C9H6BrClF2O3. The van der Waals surface area contributed by atoms with Gasteiger partial charge in [-0.15, -0.1) is 0 Å². The van der Waals surface area contributed by atoms with E-state index in [9.17, 15) is 13.6 Å². The lowest BCUT2D eigenvalue weighted by Crippen LogP contribution is -2.08. The van der Waals surface area contributed by atoms with Crippen molar-refractivity contribution in [1.82, 2.24) is 0 Å². The van der Waals surface area contributed by atoms with E-state index in [2.05, 4.69) is 20.7 Å². The molecule has 0 heterocycles. The third-order valence-electron chi connectivity index (χ3n) is 1.74. The summed E-state index contributed by atoms with van der Waals surface area (Å²) in [5.74, 6) is -1.80. The molecule has 1 rings (SSSR count). The number of benzene rings is 1. The molecule has 0 aliphatic carbocycles. The molecule has 0 aliphatic heterocycles. The van der Waals surface area contributed by atoms with E-state index in [-0.39, 0.29) is 10.6 Å². The van der Waals surface area contributed by atoms with Crippen molar-refractivity contribution in [2.75, 3.05) is 0 Å². The normalized spacial score (nSPS) is 10.6. The van der Waals surface area contributed by atoms with Crippen LogP contribution in [-0.4, -0.2) is 17.7 Å². The van der Waals surface area contributed by atoms with Gasteiger partial charge in [0.15, 0.2) is 0 Å². The van der Waals surface area contributed by atoms with Crippen molar-refractivity contribution in [2.45, 2.75) is 11.9 Å². The number of halogens is 4. The van der Waals surface area contributed by atoms with Crippen LogP contribution in [0.1, 0.15) is 15.9 Å². The Hall–Kier alpha value is -0.880. The third kappa shape index (κ3) is 3.05. The summed E-state index contributed by atoms with van der Waals surface area (Å²) in [5.41, 5.74) is 0.139. The number of ether oxygens (including phenoxy) is 1. The summed E-state index contributed by atoms with van der Waals surface area (Å²) in [5, 5.41) is 9.29. The van der Waals surface area contributed by atoms with E-state index in [1.807, 2.05) is 0 Å². The summed E-state index contributed by atoms with van der Waals surface area (Å²) in [6.07, 6.45) is 0. The summed E-state index contributed by atoms with van der Waals surface area (Å²) < 4.78 is 28.1. The van der Waals surface area contributed by atoms with Crippen molar-refractivity contribution >= 4 is 33.5 Å². The second-order valence-corrected chi connectivity index (χ2v) is 3.72. The van der Waals surface area contributed by atoms with E-state index in [1.165, 1.54) is 6.07 Å². The van der Waals surface area contributed by atoms with E-state index < -0.39 is 18.3 Å². The molecule has 0 spiro atoms. The molecule has 0 fully saturated rings. The SMILES string of the molecule is O=C(O)c1cc(CBr)c(Cl)cc1OC(F)F. The van der Waals surface area contributed by atoms with Gasteiger partial charge in [-0.05, 0) is 11.6 Å². The fourth-order valence-corrected chi connectivity index (χ4v) is 1.91. The van der Waals surface area contributed by atoms with Crippen LogP contribution in [0.3, 0.4) is 0 Å². The van der Waals surface area contributed by atoms with Crippen LogP contribution >= 0.6 is 27.5 Å². The summed E-state index contributed by atoms with van der Waals surface area (Å²) in [7, 11) is 0. The van der Waals surface area contributed by atoms with E-state index in [1.54, 1.807) is 0 Å². The maximum Gasteiger partial charge on any atom is 0.387 e. The molecule has 1 aromatic carbocycles. The minimum absolute atomic E-state index is 0.164. The molecule has 0 radical (unpaired) electrons. The molecule has 3 nitrogen and oxygen atoms in total. The highest BCUT2D eigenvalue weighted by molar-refractivity contribution is 9.08. The maximum absolute atomic E-state index is 12.0. The molecule has 88 valence electrons. The summed E-state index contributed by atoms with van der Waals surface area (Å²) >= 11 is 8.84. The Morgan fingerprint density at radius 1 is 1.56 bits per heavy atom. The van der Waals surface area contributed by atoms with Gasteiger partial charge in [-0.25, -0.2) is 4.79 Å². The average Bonchev–Trinajstić information content (AvgIpc) is 2.16. The lowest BCUT2D eigenvalue weighted by molar-refractivity contribution is -0.0503. The molecule has 7 heteroatoms. The van der Waals surface area contributed by atoms with Crippen molar-refractivity contribution in [3.63, 3.8) is 0 Å². The van der Waals surface area contributed by atoms with Gasteiger partial charge in [0.2, 0.25) is 0 Å². The number of carboxylic acid groups (broad SMARTS) is 1. The second-order valence-electron chi connectivity index (χ2n) is 2.76. The lowest BCUT2D eigenvalue weighted by Gasteiger charge is -2.10. The molecular weight excluding hydrogens is 309 g/mol. The van der Waals surface area contributed by atoms with Gasteiger partial charge in [0.1, 0.15) is 11.3 Å². The Morgan fingerprint density at radius 2 is 2.19 bits per heavy atom. The Balaban J connectivity index is 3.24. The molecule has 0 saturated carbocycles. The minimum atomic E-state index is -3.09. The third-order valence-corrected chi connectivity index (χ3v) is 2.69. The molecule has 0 saturated heterocycles. The van der Waals surface area contributed by atoms with E-state index >= 15 is 0 Å². The predicted octanol–water partition coefficient (Wildman–Crippen LogP) is 3.53. The first-order valence-electron chi connectivity index (χ1n) is 4.02. The number of carbonyl (C=O) groups is 1. The standard InChI is InChI=1S/C9H6BrClF2O3/c10-3-4-1-5(8(14)15)7(2-6(4)11)16-9(12)13/h1-2,9H,3H2,(H,14,15). The van der Waals surface area contributed by atoms with Gasteiger partial charge in [0.25, 0.3) is 0 Å². The average molecular weight is 315 g/mol. The second kappa shape index (κ2) is 5.45. The maximum atomic E-state index is 12.0. The number of rotatable bonds is 4. The molecule has 0 atom stereocenters. The lowest BCUT2D eigenvalue weighted by atomic mass is 10.1. The van der Waals surface area contributed by atoms with E-state index in [0.717, 1.165) is 6.07 Å². The Labute approximate surface area is 103 Å². The van der Waals surface area contributed by atoms with Gasteiger partial charge in [-0.1, -0.05) is 27.5 Å². The van der Waals surface area contributed by atoms with Crippen LogP contribution in [0, 0.1) is 0 Å². The zero-order valence-corrected chi connectivity index (χ0v) is 10.1. The predicted molar refractivity (Wildman–Crippen MR) is 57.7 cm³/mol. The fraction of sp³-hybridized carbons (Fsp3) is 0.222. The number of hydrogen-bond donors (Lipinski definition) is 1. The van der Waals surface area contributed by atoms with Crippen molar-refractivity contribution in [1.29, 1.82) is 0 Å².